The van der Waals surface area contributed by atoms with E-state index in [1.54, 1.807) is 12.1 Å². The monoisotopic (exact) mass is 236 g/mol. The Morgan fingerprint density at radius 2 is 2.35 bits per heavy atom. The molecule has 0 aliphatic heterocycles. The number of carbonyl (C=O) groups excluding carboxylic acids is 1. The molecule has 0 saturated heterocycles. The molecule has 0 spiro atoms. The van der Waals surface area contributed by atoms with Crippen LogP contribution < -0.4 is 10.1 Å². The van der Waals surface area contributed by atoms with Crippen molar-refractivity contribution in [1.82, 2.24) is 4.98 Å². The summed E-state index contributed by atoms with van der Waals surface area (Å²) in [6.45, 7) is 6.95. The topological polar surface area (TPSA) is 60.5 Å². The summed E-state index contributed by atoms with van der Waals surface area (Å²) in [5, 5.41) is 2.60. The summed E-state index contributed by atoms with van der Waals surface area (Å²) in [5.41, 5.74) is 0.604. The number of nitrogens with one attached hydrogen (secondary N) is 1. The lowest BCUT2D eigenvalue weighted by atomic mass is 10.4. The molecule has 0 aliphatic rings. The molecule has 0 bridgehead atoms. The predicted octanol–water partition coefficient (Wildman–Crippen LogP) is 1.62. The molecule has 0 unspecified atom stereocenters. The van der Waals surface area contributed by atoms with E-state index in [4.69, 9.17) is 9.47 Å². The van der Waals surface area contributed by atoms with Crippen molar-refractivity contribution >= 4 is 11.6 Å². The molecular formula is C12H16N2O3. The zero-order valence-electron chi connectivity index (χ0n) is 9.81. The Labute approximate surface area is 100 Å². The highest BCUT2D eigenvalue weighted by molar-refractivity contribution is 5.98. The Morgan fingerprint density at radius 3 is 2.94 bits per heavy atom. The Hall–Kier alpha value is -1.88. The summed E-state index contributed by atoms with van der Waals surface area (Å²) in [7, 11) is 0. The largest absolute Gasteiger partial charge is 0.475 e. The molecule has 0 aromatic carbocycles. The molecule has 1 rings (SSSR count). The second-order valence-corrected chi connectivity index (χ2v) is 3.12. The summed E-state index contributed by atoms with van der Waals surface area (Å²) in [6, 6.07) is 3.40. The van der Waals surface area contributed by atoms with Gasteiger partial charge in [0.05, 0.1) is 18.5 Å². The van der Waals surface area contributed by atoms with Crippen molar-refractivity contribution in [2.75, 3.05) is 25.1 Å². The van der Waals surface area contributed by atoms with Gasteiger partial charge >= 0.3 is 0 Å². The van der Waals surface area contributed by atoms with Crippen molar-refractivity contribution in [3.8, 4) is 5.88 Å². The average Bonchev–Trinajstić information content (AvgIpc) is 2.36. The standard InChI is InChI=1S/C12H16N2O3/c1-3-11(15)14-10-5-6-12(13-9-10)17-8-7-16-4-2/h3,5-6,9H,1,4,7-8H2,2H3,(H,14,15). The van der Waals surface area contributed by atoms with Crippen LogP contribution in [0.2, 0.25) is 0 Å². The fourth-order valence-electron chi connectivity index (χ4n) is 1.08. The maximum atomic E-state index is 11.0. The van der Waals surface area contributed by atoms with Gasteiger partial charge in [-0.2, -0.15) is 0 Å². The fraction of sp³-hybridized carbons (Fsp3) is 0.333. The number of hydrogen-bond acceptors (Lipinski definition) is 4. The molecular weight excluding hydrogens is 220 g/mol. The van der Waals surface area contributed by atoms with Crippen molar-refractivity contribution < 1.29 is 14.3 Å². The van der Waals surface area contributed by atoms with Gasteiger partial charge < -0.3 is 14.8 Å². The highest BCUT2D eigenvalue weighted by Crippen LogP contribution is 2.11. The Kier molecular flexibility index (Phi) is 5.74. The number of aromatic nitrogens is 1. The van der Waals surface area contributed by atoms with Gasteiger partial charge in [0, 0.05) is 12.7 Å². The first kappa shape index (κ1) is 13.2. The van der Waals surface area contributed by atoms with Crippen LogP contribution in [0, 0.1) is 0 Å². The Balaban J connectivity index is 2.39. The van der Waals surface area contributed by atoms with Gasteiger partial charge in [-0.05, 0) is 19.1 Å². The SMILES string of the molecule is C=CC(=O)Nc1ccc(OCCOCC)nc1. The first-order valence-corrected chi connectivity index (χ1v) is 5.36. The van der Waals surface area contributed by atoms with Gasteiger partial charge in [0.1, 0.15) is 6.61 Å². The van der Waals surface area contributed by atoms with Crippen molar-refractivity contribution in [3.05, 3.63) is 31.0 Å². The number of amides is 1. The van der Waals surface area contributed by atoms with E-state index in [0.717, 1.165) is 0 Å². The van der Waals surface area contributed by atoms with Gasteiger partial charge in [0.25, 0.3) is 0 Å². The molecule has 0 aliphatic carbocycles. The third-order valence-corrected chi connectivity index (χ3v) is 1.87. The summed E-state index contributed by atoms with van der Waals surface area (Å²) >= 11 is 0. The molecule has 5 heteroatoms. The Bertz CT molecular complexity index is 363. The van der Waals surface area contributed by atoms with Crippen LogP contribution in [0.15, 0.2) is 31.0 Å². The van der Waals surface area contributed by atoms with E-state index in [1.165, 1.54) is 12.3 Å². The molecule has 0 atom stereocenters. The van der Waals surface area contributed by atoms with Gasteiger partial charge in [-0.25, -0.2) is 4.98 Å². The van der Waals surface area contributed by atoms with E-state index < -0.39 is 0 Å². The van der Waals surface area contributed by atoms with Gasteiger partial charge in [-0.3, -0.25) is 4.79 Å². The van der Waals surface area contributed by atoms with Crippen LogP contribution in [0.1, 0.15) is 6.92 Å². The quantitative estimate of drug-likeness (QED) is 0.577. The molecule has 5 nitrogen and oxygen atoms in total. The van der Waals surface area contributed by atoms with Crippen molar-refractivity contribution in [2.24, 2.45) is 0 Å². The molecule has 17 heavy (non-hydrogen) atoms. The molecule has 0 fully saturated rings. The highest BCUT2D eigenvalue weighted by atomic mass is 16.5. The lowest BCUT2D eigenvalue weighted by molar-refractivity contribution is -0.111. The molecule has 1 amide bonds. The zero-order valence-corrected chi connectivity index (χ0v) is 9.81. The van der Waals surface area contributed by atoms with Gasteiger partial charge in [-0.1, -0.05) is 6.58 Å². The number of rotatable bonds is 7. The second-order valence-electron chi connectivity index (χ2n) is 3.12. The van der Waals surface area contributed by atoms with Crippen LogP contribution in [0.25, 0.3) is 0 Å². The maximum Gasteiger partial charge on any atom is 0.247 e. The molecule has 0 radical (unpaired) electrons. The first-order valence-electron chi connectivity index (χ1n) is 5.36. The zero-order chi connectivity index (χ0) is 12.5. The van der Waals surface area contributed by atoms with E-state index in [-0.39, 0.29) is 5.91 Å². The summed E-state index contributed by atoms with van der Waals surface area (Å²) < 4.78 is 10.5. The molecule has 92 valence electrons. The fourth-order valence-corrected chi connectivity index (χ4v) is 1.08. The average molecular weight is 236 g/mol. The van der Waals surface area contributed by atoms with Crippen LogP contribution in [0.4, 0.5) is 5.69 Å². The lowest BCUT2D eigenvalue weighted by Gasteiger charge is -2.06. The number of ether oxygens (including phenoxy) is 2. The first-order chi connectivity index (χ1) is 8.26. The minimum absolute atomic E-state index is 0.267. The molecule has 1 N–H and O–H groups in total. The van der Waals surface area contributed by atoms with Gasteiger partial charge in [0.15, 0.2) is 0 Å². The van der Waals surface area contributed by atoms with E-state index in [2.05, 4.69) is 16.9 Å². The molecule has 1 heterocycles. The third-order valence-electron chi connectivity index (χ3n) is 1.87. The van der Waals surface area contributed by atoms with Crippen LogP contribution in [-0.2, 0) is 9.53 Å². The number of pyridine rings is 1. The smallest absolute Gasteiger partial charge is 0.247 e. The summed E-state index contributed by atoms with van der Waals surface area (Å²) in [6.07, 6.45) is 2.73. The van der Waals surface area contributed by atoms with Crippen molar-refractivity contribution in [3.63, 3.8) is 0 Å². The van der Waals surface area contributed by atoms with Crippen molar-refractivity contribution in [1.29, 1.82) is 0 Å². The van der Waals surface area contributed by atoms with Crippen LogP contribution in [-0.4, -0.2) is 30.7 Å². The van der Waals surface area contributed by atoms with Gasteiger partial charge in [-0.15, -0.1) is 0 Å². The van der Waals surface area contributed by atoms with Crippen LogP contribution in [0.5, 0.6) is 5.88 Å². The summed E-state index contributed by atoms with van der Waals surface area (Å²) in [5.74, 6) is 0.234. The minimum Gasteiger partial charge on any atom is -0.475 e. The number of carbonyl (C=O) groups is 1. The number of anilines is 1. The van der Waals surface area contributed by atoms with E-state index in [0.29, 0.717) is 31.4 Å². The number of hydrogen-bond donors (Lipinski definition) is 1. The second kappa shape index (κ2) is 7.40. The molecule has 1 aromatic heterocycles. The number of nitrogens with zero attached hydrogens (tertiary/aromatic N) is 1. The van der Waals surface area contributed by atoms with E-state index >= 15 is 0 Å². The van der Waals surface area contributed by atoms with Gasteiger partial charge in [0.2, 0.25) is 11.8 Å². The summed E-state index contributed by atoms with van der Waals surface area (Å²) in [4.78, 5) is 15.0. The molecule has 1 aromatic rings. The highest BCUT2D eigenvalue weighted by Gasteiger charge is 1.99. The molecule has 0 saturated carbocycles. The van der Waals surface area contributed by atoms with Crippen LogP contribution in [0.3, 0.4) is 0 Å². The Morgan fingerprint density at radius 1 is 1.53 bits per heavy atom. The normalized spacial score (nSPS) is 9.71. The third kappa shape index (κ3) is 5.12. The van der Waals surface area contributed by atoms with Crippen molar-refractivity contribution in [2.45, 2.75) is 6.92 Å². The maximum absolute atomic E-state index is 11.0. The van der Waals surface area contributed by atoms with E-state index in [9.17, 15) is 4.79 Å². The minimum atomic E-state index is -0.267. The predicted molar refractivity (Wildman–Crippen MR) is 65.1 cm³/mol. The lowest BCUT2D eigenvalue weighted by Crippen LogP contribution is -2.09. The van der Waals surface area contributed by atoms with E-state index in [1.807, 2.05) is 6.92 Å². The van der Waals surface area contributed by atoms with Crippen LogP contribution >= 0.6 is 0 Å².